The third kappa shape index (κ3) is 11.7. The summed E-state index contributed by atoms with van der Waals surface area (Å²) in [7, 11) is 0. The summed E-state index contributed by atoms with van der Waals surface area (Å²) in [5, 5.41) is 0. The highest BCUT2D eigenvalue weighted by Gasteiger charge is 2.17. The second-order valence-corrected chi connectivity index (χ2v) is 8.80. The fourth-order valence-electron chi connectivity index (χ4n) is 2.66. The molecule has 0 aliphatic rings. The highest BCUT2D eigenvalue weighted by Crippen LogP contribution is 2.30. The van der Waals surface area contributed by atoms with Crippen LogP contribution < -0.4 is 26.7 Å². The monoisotopic (exact) mass is 555 g/mol. The molecule has 0 bridgehead atoms. The molecule has 0 saturated carbocycles. The SMILES string of the molecule is NCC(=O)OCC(COc1ccc(Sc2ccc(OCC(CCl)OC(=O)CN)cc2)cc1)OC(=O)CN. The summed E-state index contributed by atoms with van der Waals surface area (Å²) in [4.78, 5) is 36.0. The van der Waals surface area contributed by atoms with Crippen molar-refractivity contribution in [2.75, 3.05) is 45.3 Å². The normalized spacial score (nSPS) is 12.2. The molecule has 2 aromatic carbocycles. The summed E-state index contributed by atoms with van der Waals surface area (Å²) in [5.74, 6) is -0.567. The quantitative estimate of drug-likeness (QED) is 0.153. The van der Waals surface area contributed by atoms with Crippen molar-refractivity contribution in [3.05, 3.63) is 48.5 Å². The lowest BCUT2D eigenvalue weighted by molar-refractivity contribution is -0.158. The van der Waals surface area contributed by atoms with E-state index in [1.807, 2.05) is 24.3 Å². The van der Waals surface area contributed by atoms with Crippen molar-refractivity contribution >= 4 is 41.3 Å². The maximum absolute atomic E-state index is 11.5. The van der Waals surface area contributed by atoms with Gasteiger partial charge >= 0.3 is 17.9 Å². The molecule has 0 radical (unpaired) electrons. The third-order valence-electron chi connectivity index (χ3n) is 4.45. The van der Waals surface area contributed by atoms with Gasteiger partial charge in [-0.15, -0.1) is 11.6 Å². The number of ether oxygens (including phenoxy) is 5. The topological polar surface area (TPSA) is 175 Å². The van der Waals surface area contributed by atoms with Crippen molar-refractivity contribution in [1.29, 1.82) is 0 Å². The predicted molar refractivity (Wildman–Crippen MR) is 137 cm³/mol. The lowest BCUT2D eigenvalue weighted by Gasteiger charge is -2.18. The van der Waals surface area contributed by atoms with Crippen molar-refractivity contribution in [2.45, 2.75) is 22.0 Å². The number of benzene rings is 2. The Morgan fingerprint density at radius 1 is 0.676 bits per heavy atom. The third-order valence-corrected chi connectivity index (χ3v) is 5.81. The number of halogens is 1. The van der Waals surface area contributed by atoms with E-state index in [9.17, 15) is 14.4 Å². The Kier molecular flexibility index (Phi) is 13.6. The number of carbonyl (C=O) groups excluding carboxylic acids is 3. The Bertz CT molecular complexity index is 994. The van der Waals surface area contributed by atoms with Crippen molar-refractivity contribution in [3.8, 4) is 11.5 Å². The Balaban J connectivity index is 1.85. The lowest BCUT2D eigenvalue weighted by atomic mass is 10.3. The maximum Gasteiger partial charge on any atom is 0.320 e. The van der Waals surface area contributed by atoms with E-state index in [0.29, 0.717) is 11.5 Å². The number of hydrogen-bond donors (Lipinski definition) is 3. The molecule has 2 atom stereocenters. The van der Waals surface area contributed by atoms with Crippen LogP contribution in [0, 0.1) is 0 Å². The van der Waals surface area contributed by atoms with Gasteiger partial charge in [0.1, 0.15) is 37.4 Å². The van der Waals surface area contributed by atoms with Gasteiger partial charge in [0, 0.05) is 9.79 Å². The second kappa shape index (κ2) is 16.7. The molecule has 6 N–H and O–H groups in total. The fourth-order valence-corrected chi connectivity index (χ4v) is 3.63. The summed E-state index contributed by atoms with van der Waals surface area (Å²) in [6, 6.07) is 14.7. The number of rotatable bonds is 16. The molecule has 0 fully saturated rings. The number of alkyl halides is 1. The molecule has 0 aliphatic heterocycles. The molecule has 0 heterocycles. The molecule has 11 nitrogen and oxygen atoms in total. The molecular formula is C24H30ClN3O8S. The Morgan fingerprint density at radius 2 is 1.11 bits per heavy atom. The molecule has 2 aromatic rings. The fraction of sp³-hybridized carbons (Fsp3) is 0.375. The van der Waals surface area contributed by atoms with E-state index in [2.05, 4.69) is 0 Å². The van der Waals surface area contributed by atoms with E-state index in [4.69, 9.17) is 52.5 Å². The lowest BCUT2D eigenvalue weighted by Crippen LogP contribution is -2.34. The standard InChI is InChI=1S/C24H30ClN3O8S/c25-9-18(35-23(30)11-27)13-32-16-1-5-20(6-2-16)37-21-7-3-17(4-8-21)33-14-19(36-24(31)12-28)15-34-22(29)10-26/h1-8,18-19H,9-15,26-28H2. The first kappa shape index (κ1) is 30.2. The number of nitrogens with two attached hydrogens (primary N) is 3. The molecule has 0 aromatic heterocycles. The van der Waals surface area contributed by atoms with E-state index in [1.54, 1.807) is 24.3 Å². The molecule has 0 aliphatic carbocycles. The van der Waals surface area contributed by atoms with E-state index >= 15 is 0 Å². The summed E-state index contributed by atoms with van der Waals surface area (Å²) in [6.07, 6.45) is -1.41. The van der Waals surface area contributed by atoms with Gasteiger partial charge in [-0.2, -0.15) is 0 Å². The molecule has 37 heavy (non-hydrogen) atoms. The Morgan fingerprint density at radius 3 is 1.54 bits per heavy atom. The second-order valence-electron chi connectivity index (χ2n) is 7.34. The average molecular weight is 556 g/mol. The number of hydrogen-bond acceptors (Lipinski definition) is 12. The van der Waals surface area contributed by atoms with E-state index in [-0.39, 0.29) is 45.3 Å². The van der Waals surface area contributed by atoms with Crippen LogP contribution in [-0.4, -0.2) is 75.5 Å². The first-order valence-electron chi connectivity index (χ1n) is 11.2. The first-order chi connectivity index (χ1) is 17.9. The van der Waals surface area contributed by atoms with Crippen molar-refractivity contribution in [2.24, 2.45) is 17.2 Å². The minimum atomic E-state index is -0.825. The van der Waals surface area contributed by atoms with Crippen LogP contribution in [-0.2, 0) is 28.6 Å². The zero-order chi connectivity index (χ0) is 27.0. The van der Waals surface area contributed by atoms with Crippen LogP contribution in [0.1, 0.15) is 0 Å². The van der Waals surface area contributed by atoms with E-state index < -0.39 is 30.1 Å². The van der Waals surface area contributed by atoms with Gasteiger partial charge in [0.2, 0.25) is 0 Å². The van der Waals surface area contributed by atoms with E-state index in [1.165, 1.54) is 11.8 Å². The first-order valence-corrected chi connectivity index (χ1v) is 12.6. The summed E-state index contributed by atoms with van der Waals surface area (Å²) >= 11 is 7.32. The van der Waals surface area contributed by atoms with Crippen LogP contribution in [0.4, 0.5) is 0 Å². The zero-order valence-electron chi connectivity index (χ0n) is 20.0. The summed E-state index contributed by atoms with van der Waals surface area (Å²) in [6.45, 7) is -0.921. The van der Waals surface area contributed by atoms with Crippen LogP contribution in [0.3, 0.4) is 0 Å². The van der Waals surface area contributed by atoms with Crippen LogP contribution >= 0.6 is 23.4 Å². The largest absolute Gasteiger partial charge is 0.490 e. The highest BCUT2D eigenvalue weighted by atomic mass is 35.5. The molecule has 2 rings (SSSR count). The maximum atomic E-state index is 11.5. The smallest absolute Gasteiger partial charge is 0.320 e. The summed E-state index contributed by atoms with van der Waals surface area (Å²) < 4.78 is 26.4. The van der Waals surface area contributed by atoms with Crippen molar-refractivity contribution < 1.29 is 38.1 Å². The Labute approximate surface area is 223 Å². The van der Waals surface area contributed by atoms with Crippen molar-refractivity contribution in [3.63, 3.8) is 0 Å². The average Bonchev–Trinajstić information content (AvgIpc) is 2.93. The number of carbonyl (C=O) groups is 3. The Hall–Kier alpha value is -3.03. The van der Waals surface area contributed by atoms with Crippen LogP contribution in [0.2, 0.25) is 0 Å². The highest BCUT2D eigenvalue weighted by molar-refractivity contribution is 7.99. The molecule has 0 amide bonds. The molecule has 202 valence electrons. The molecular weight excluding hydrogens is 526 g/mol. The van der Waals surface area contributed by atoms with Gasteiger partial charge < -0.3 is 40.9 Å². The van der Waals surface area contributed by atoms with Crippen LogP contribution in [0.15, 0.2) is 58.3 Å². The van der Waals surface area contributed by atoms with Gasteiger partial charge in [-0.3, -0.25) is 14.4 Å². The van der Waals surface area contributed by atoms with Gasteiger partial charge in [0.15, 0.2) is 6.10 Å². The minimum Gasteiger partial charge on any atom is -0.490 e. The molecule has 2 unspecified atom stereocenters. The van der Waals surface area contributed by atoms with E-state index in [0.717, 1.165) is 9.79 Å². The predicted octanol–water partition coefficient (Wildman–Crippen LogP) is 1.08. The van der Waals surface area contributed by atoms with Gasteiger partial charge in [-0.1, -0.05) is 11.8 Å². The summed E-state index contributed by atoms with van der Waals surface area (Å²) in [5.41, 5.74) is 15.7. The molecule has 13 heteroatoms. The zero-order valence-corrected chi connectivity index (χ0v) is 21.6. The van der Waals surface area contributed by atoms with Gasteiger partial charge in [-0.25, -0.2) is 0 Å². The minimum absolute atomic E-state index is 0.0342. The van der Waals surface area contributed by atoms with Crippen LogP contribution in [0.25, 0.3) is 0 Å². The van der Waals surface area contributed by atoms with Gasteiger partial charge in [0.25, 0.3) is 0 Å². The van der Waals surface area contributed by atoms with Crippen molar-refractivity contribution in [1.82, 2.24) is 0 Å². The van der Waals surface area contributed by atoms with Gasteiger partial charge in [0.05, 0.1) is 25.5 Å². The number of esters is 3. The van der Waals surface area contributed by atoms with Crippen LogP contribution in [0.5, 0.6) is 11.5 Å². The van der Waals surface area contributed by atoms with Gasteiger partial charge in [-0.05, 0) is 48.5 Å². The molecule has 0 spiro atoms. The molecule has 0 saturated heterocycles.